The third kappa shape index (κ3) is 7.02. The number of guanidine groups is 1. The maximum Gasteiger partial charge on any atom is 0.420 e. The van der Waals surface area contributed by atoms with E-state index in [1.165, 1.54) is 0 Å². The molecule has 3 aromatic rings. The molecule has 36 heavy (non-hydrogen) atoms. The number of carbonyl (C=O) groups excluding carboxylic acids is 2. The van der Waals surface area contributed by atoms with Gasteiger partial charge in [0.05, 0.1) is 6.54 Å². The second-order valence-corrected chi connectivity index (χ2v) is 9.89. The van der Waals surface area contributed by atoms with Crippen LogP contribution in [0.2, 0.25) is 0 Å². The summed E-state index contributed by atoms with van der Waals surface area (Å²) in [5, 5.41) is 2.93. The zero-order valence-corrected chi connectivity index (χ0v) is 21.5. The van der Waals surface area contributed by atoms with Gasteiger partial charge in [-0.15, -0.1) is 16.9 Å². The number of amides is 2. The zero-order chi connectivity index (χ0) is 26.3. The Hall–Kier alpha value is -3.98. The maximum absolute atomic E-state index is 13.3. The van der Waals surface area contributed by atoms with E-state index in [0.29, 0.717) is 17.0 Å². The standard InChI is InChI=1S/C27H29N5O3S/c1-27(2,3)20-9-11-21(12-10-20)32(26(34)35-22-13-15-23(36-4)16-14-22)17-18-5-7-19(8-6-18)24(33)30-25(28)31-29/h5-16,29H,17H2,1-4H3,(H2,28,30,33). The lowest BCUT2D eigenvalue weighted by molar-refractivity contribution is 0.100. The van der Waals surface area contributed by atoms with E-state index in [1.54, 1.807) is 53.1 Å². The molecule has 0 spiro atoms. The number of nitrogens with zero attached hydrogens (tertiary/aromatic N) is 3. The van der Waals surface area contributed by atoms with Crippen molar-refractivity contribution in [1.82, 2.24) is 0 Å². The molecule has 0 aliphatic rings. The highest BCUT2D eigenvalue weighted by molar-refractivity contribution is 7.98. The molecule has 3 N–H and O–H groups in total. The fourth-order valence-corrected chi connectivity index (χ4v) is 3.74. The van der Waals surface area contributed by atoms with Crippen LogP contribution in [0.15, 0.2) is 87.8 Å². The highest BCUT2D eigenvalue weighted by Crippen LogP contribution is 2.27. The minimum Gasteiger partial charge on any atom is -0.410 e. The molecule has 186 valence electrons. The number of nitrogens with two attached hydrogens (primary N) is 1. The lowest BCUT2D eigenvalue weighted by atomic mass is 9.87. The summed E-state index contributed by atoms with van der Waals surface area (Å²) in [4.78, 5) is 31.6. The lowest BCUT2D eigenvalue weighted by Gasteiger charge is -2.24. The van der Waals surface area contributed by atoms with Gasteiger partial charge in [-0.25, -0.2) is 10.3 Å². The highest BCUT2D eigenvalue weighted by Gasteiger charge is 2.21. The predicted octanol–water partition coefficient (Wildman–Crippen LogP) is 6.40. The number of hydrogen-bond donors (Lipinski definition) is 2. The SMILES string of the molecule is CSc1ccc(OC(=O)N(Cc2ccc(C(=O)N=C(N)N=N)cc2)c2ccc(C(C)(C)C)cc2)cc1. The molecule has 0 aromatic heterocycles. The van der Waals surface area contributed by atoms with Crippen molar-refractivity contribution in [2.24, 2.45) is 15.8 Å². The smallest absolute Gasteiger partial charge is 0.410 e. The molecule has 8 nitrogen and oxygen atoms in total. The lowest BCUT2D eigenvalue weighted by Crippen LogP contribution is -2.33. The maximum atomic E-state index is 13.3. The van der Waals surface area contributed by atoms with Gasteiger partial charge in [0.2, 0.25) is 5.96 Å². The van der Waals surface area contributed by atoms with Gasteiger partial charge in [-0.1, -0.05) is 45.0 Å². The first-order valence-electron chi connectivity index (χ1n) is 11.2. The summed E-state index contributed by atoms with van der Waals surface area (Å²) in [5.41, 5.74) is 15.0. The molecular formula is C27H29N5O3S. The zero-order valence-electron chi connectivity index (χ0n) is 20.7. The van der Waals surface area contributed by atoms with E-state index in [4.69, 9.17) is 16.0 Å². The number of anilines is 1. The van der Waals surface area contributed by atoms with Gasteiger partial charge in [-0.05, 0) is 71.3 Å². The Morgan fingerprint density at radius 3 is 2.11 bits per heavy atom. The van der Waals surface area contributed by atoms with E-state index in [1.807, 2.05) is 42.7 Å². The fraction of sp³-hybridized carbons (Fsp3) is 0.222. The van der Waals surface area contributed by atoms with Crippen LogP contribution in [0, 0.1) is 5.53 Å². The summed E-state index contributed by atoms with van der Waals surface area (Å²) >= 11 is 1.61. The molecule has 0 aliphatic heterocycles. The van der Waals surface area contributed by atoms with Crippen molar-refractivity contribution >= 4 is 35.4 Å². The molecule has 0 fully saturated rings. The summed E-state index contributed by atoms with van der Waals surface area (Å²) in [5.74, 6) is -0.564. The number of ether oxygens (including phenoxy) is 1. The molecule has 2 amide bonds. The number of rotatable bonds is 6. The van der Waals surface area contributed by atoms with Crippen molar-refractivity contribution in [3.8, 4) is 5.75 Å². The normalized spacial score (nSPS) is 11.6. The highest BCUT2D eigenvalue weighted by atomic mass is 32.2. The van der Waals surface area contributed by atoms with Crippen LogP contribution in [0.1, 0.15) is 42.3 Å². The fourth-order valence-electron chi connectivity index (χ4n) is 3.33. The number of benzene rings is 3. The van der Waals surface area contributed by atoms with Gasteiger partial charge in [0.25, 0.3) is 5.91 Å². The summed E-state index contributed by atoms with van der Waals surface area (Å²) in [6.07, 6.45) is 1.46. The van der Waals surface area contributed by atoms with Crippen molar-refractivity contribution in [2.75, 3.05) is 11.2 Å². The molecular weight excluding hydrogens is 474 g/mol. The first-order valence-corrected chi connectivity index (χ1v) is 12.4. The molecule has 0 saturated heterocycles. The second-order valence-electron chi connectivity index (χ2n) is 9.01. The first-order chi connectivity index (χ1) is 17.1. The van der Waals surface area contributed by atoms with Crippen LogP contribution >= 0.6 is 11.8 Å². The molecule has 0 saturated carbocycles. The first kappa shape index (κ1) is 26.6. The van der Waals surface area contributed by atoms with Gasteiger partial charge in [-0.2, -0.15) is 4.99 Å². The monoisotopic (exact) mass is 503 g/mol. The number of thioether (sulfide) groups is 1. The Bertz CT molecular complexity index is 1250. The third-order valence-electron chi connectivity index (χ3n) is 5.40. The van der Waals surface area contributed by atoms with Crippen molar-refractivity contribution in [3.05, 3.63) is 89.5 Å². The van der Waals surface area contributed by atoms with E-state index in [2.05, 4.69) is 30.9 Å². The molecule has 0 aliphatic carbocycles. The molecule has 0 atom stereocenters. The average molecular weight is 504 g/mol. The Morgan fingerprint density at radius 2 is 1.58 bits per heavy atom. The van der Waals surface area contributed by atoms with Crippen molar-refractivity contribution in [1.29, 1.82) is 5.53 Å². The number of aliphatic imine (C=N–C) groups is 1. The van der Waals surface area contributed by atoms with E-state index >= 15 is 0 Å². The number of carbonyl (C=O) groups is 2. The van der Waals surface area contributed by atoms with Crippen LogP contribution in [-0.4, -0.2) is 24.2 Å². The van der Waals surface area contributed by atoms with E-state index in [0.717, 1.165) is 16.0 Å². The van der Waals surface area contributed by atoms with E-state index in [9.17, 15) is 9.59 Å². The van der Waals surface area contributed by atoms with Gasteiger partial charge >= 0.3 is 6.09 Å². The van der Waals surface area contributed by atoms with Gasteiger partial charge < -0.3 is 10.5 Å². The average Bonchev–Trinajstić information content (AvgIpc) is 2.87. The molecule has 0 unspecified atom stereocenters. The second kappa shape index (κ2) is 11.6. The van der Waals surface area contributed by atoms with Crippen molar-refractivity contribution in [3.63, 3.8) is 0 Å². The topological polar surface area (TPSA) is 121 Å². The summed E-state index contributed by atoms with van der Waals surface area (Å²) in [7, 11) is 0. The van der Waals surface area contributed by atoms with Crippen LogP contribution in [0.25, 0.3) is 0 Å². The van der Waals surface area contributed by atoms with Crippen LogP contribution in [-0.2, 0) is 12.0 Å². The Kier molecular flexibility index (Phi) is 8.60. The molecule has 3 rings (SSSR count). The van der Waals surface area contributed by atoms with Crippen LogP contribution in [0.5, 0.6) is 5.75 Å². The van der Waals surface area contributed by atoms with Gasteiger partial charge in [0.15, 0.2) is 0 Å². The van der Waals surface area contributed by atoms with E-state index < -0.39 is 18.0 Å². The van der Waals surface area contributed by atoms with Gasteiger partial charge in [-0.3, -0.25) is 9.69 Å². The Labute approximate surface area is 215 Å². The molecule has 9 heteroatoms. The van der Waals surface area contributed by atoms with Crippen LogP contribution < -0.4 is 15.4 Å². The largest absolute Gasteiger partial charge is 0.420 e. The molecule has 0 radical (unpaired) electrons. The predicted molar refractivity (Wildman–Crippen MR) is 143 cm³/mol. The summed E-state index contributed by atoms with van der Waals surface area (Å²) < 4.78 is 5.68. The summed E-state index contributed by atoms with van der Waals surface area (Å²) in [6, 6.07) is 21.8. The molecule has 0 bridgehead atoms. The van der Waals surface area contributed by atoms with Crippen LogP contribution in [0.4, 0.5) is 10.5 Å². The Morgan fingerprint density at radius 1 is 0.972 bits per heavy atom. The number of hydrogen-bond acceptors (Lipinski definition) is 5. The third-order valence-corrected chi connectivity index (χ3v) is 6.15. The molecule has 3 aromatic carbocycles. The van der Waals surface area contributed by atoms with Crippen molar-refractivity contribution in [2.45, 2.75) is 37.6 Å². The minimum atomic E-state index is -0.599. The van der Waals surface area contributed by atoms with Crippen molar-refractivity contribution < 1.29 is 14.3 Å². The Balaban J connectivity index is 1.87. The van der Waals surface area contributed by atoms with Gasteiger partial charge in [0, 0.05) is 16.1 Å². The number of nitrogens with one attached hydrogen (secondary N) is 1. The minimum absolute atomic E-state index is 0.0234. The van der Waals surface area contributed by atoms with Gasteiger partial charge in [0.1, 0.15) is 5.75 Å². The quantitative estimate of drug-likeness (QED) is 0.174. The summed E-state index contributed by atoms with van der Waals surface area (Å²) in [6.45, 7) is 6.61. The molecule has 0 heterocycles. The van der Waals surface area contributed by atoms with E-state index in [-0.39, 0.29) is 12.0 Å². The van der Waals surface area contributed by atoms with Crippen LogP contribution in [0.3, 0.4) is 0 Å².